The van der Waals surface area contributed by atoms with E-state index in [0.29, 0.717) is 0 Å². The summed E-state index contributed by atoms with van der Waals surface area (Å²) in [6.45, 7) is 4.35. The van der Waals surface area contributed by atoms with E-state index < -0.39 is 0 Å². The summed E-state index contributed by atoms with van der Waals surface area (Å²) < 4.78 is 0. The first kappa shape index (κ1) is 15.7. The van der Waals surface area contributed by atoms with Gasteiger partial charge in [-0.05, 0) is 42.9 Å². The van der Waals surface area contributed by atoms with Gasteiger partial charge in [-0.3, -0.25) is 11.3 Å². The molecule has 0 radical (unpaired) electrons. The summed E-state index contributed by atoms with van der Waals surface area (Å²) in [5.41, 5.74) is 8.34. The molecule has 2 nitrogen and oxygen atoms in total. The Kier molecular flexibility index (Phi) is 5.97. The zero-order valence-electron chi connectivity index (χ0n) is 13.1. The lowest BCUT2D eigenvalue weighted by molar-refractivity contribution is 0.516. The number of rotatable bonds is 7. The molecule has 1 atom stereocenters. The number of aryl methyl sites for hydroxylation is 3. The fourth-order valence-corrected chi connectivity index (χ4v) is 2.78. The first-order valence-electron chi connectivity index (χ1n) is 7.83. The van der Waals surface area contributed by atoms with E-state index in [9.17, 15) is 0 Å². The topological polar surface area (TPSA) is 38.0 Å². The zero-order valence-corrected chi connectivity index (χ0v) is 13.1. The van der Waals surface area contributed by atoms with Crippen LogP contribution in [0.3, 0.4) is 0 Å². The monoisotopic (exact) mass is 282 g/mol. The van der Waals surface area contributed by atoms with Crippen molar-refractivity contribution in [1.29, 1.82) is 0 Å². The molecule has 0 fully saturated rings. The summed E-state index contributed by atoms with van der Waals surface area (Å²) >= 11 is 0. The maximum absolute atomic E-state index is 5.77. The van der Waals surface area contributed by atoms with Gasteiger partial charge in [-0.1, -0.05) is 67.4 Å². The summed E-state index contributed by atoms with van der Waals surface area (Å²) in [7, 11) is 0. The lowest BCUT2D eigenvalue weighted by Gasteiger charge is -2.17. The minimum atomic E-state index is 0.210. The predicted molar refractivity (Wildman–Crippen MR) is 90.0 cm³/mol. The van der Waals surface area contributed by atoms with Crippen molar-refractivity contribution in [1.82, 2.24) is 5.43 Å². The van der Waals surface area contributed by atoms with Crippen molar-refractivity contribution < 1.29 is 0 Å². The Morgan fingerprint density at radius 1 is 1.00 bits per heavy atom. The molecule has 112 valence electrons. The molecule has 0 aromatic heterocycles. The molecule has 2 aromatic rings. The molecule has 0 aliphatic carbocycles. The summed E-state index contributed by atoms with van der Waals surface area (Å²) in [6.07, 6.45) is 4.35. The van der Waals surface area contributed by atoms with Crippen LogP contribution >= 0.6 is 0 Å². The fraction of sp³-hybridized carbons (Fsp3) is 0.368. The van der Waals surface area contributed by atoms with Crippen molar-refractivity contribution in [2.24, 2.45) is 5.84 Å². The van der Waals surface area contributed by atoms with Gasteiger partial charge in [-0.2, -0.15) is 0 Å². The molecular formula is C19H26N2. The van der Waals surface area contributed by atoms with Crippen LogP contribution in [-0.4, -0.2) is 0 Å². The summed E-state index contributed by atoms with van der Waals surface area (Å²) in [5.74, 6) is 5.77. The Morgan fingerprint density at radius 3 is 2.38 bits per heavy atom. The van der Waals surface area contributed by atoms with Gasteiger partial charge in [0.2, 0.25) is 0 Å². The summed E-state index contributed by atoms with van der Waals surface area (Å²) in [4.78, 5) is 0. The van der Waals surface area contributed by atoms with Gasteiger partial charge >= 0.3 is 0 Å². The second kappa shape index (κ2) is 7.96. The second-order valence-electron chi connectivity index (χ2n) is 5.74. The molecule has 0 heterocycles. The summed E-state index contributed by atoms with van der Waals surface area (Å²) in [5, 5.41) is 0. The molecule has 3 N–H and O–H groups in total. The van der Waals surface area contributed by atoms with E-state index >= 15 is 0 Å². The Balaban J connectivity index is 2.04. The zero-order chi connectivity index (χ0) is 15.1. The molecule has 0 bridgehead atoms. The molecule has 2 heteroatoms. The third-order valence-electron chi connectivity index (χ3n) is 3.90. The Morgan fingerprint density at radius 2 is 1.71 bits per heavy atom. The van der Waals surface area contributed by atoms with E-state index in [1.165, 1.54) is 28.7 Å². The highest BCUT2D eigenvalue weighted by molar-refractivity contribution is 5.27. The number of hydrogen-bond acceptors (Lipinski definition) is 2. The van der Waals surface area contributed by atoms with Gasteiger partial charge in [0.1, 0.15) is 0 Å². The molecule has 0 aliphatic rings. The smallest absolute Gasteiger partial charge is 0.0463 e. The van der Waals surface area contributed by atoms with Gasteiger partial charge in [-0.25, -0.2) is 0 Å². The molecule has 21 heavy (non-hydrogen) atoms. The molecule has 2 aromatic carbocycles. The van der Waals surface area contributed by atoms with E-state index in [1.807, 2.05) is 0 Å². The minimum Gasteiger partial charge on any atom is -0.271 e. The summed E-state index contributed by atoms with van der Waals surface area (Å²) in [6, 6.07) is 17.7. The third kappa shape index (κ3) is 4.69. The molecule has 0 aliphatic heterocycles. The predicted octanol–water partition coefficient (Wildman–Crippen LogP) is 4.08. The molecule has 0 amide bonds. The van der Waals surface area contributed by atoms with Crippen LogP contribution in [0.4, 0.5) is 0 Å². The largest absolute Gasteiger partial charge is 0.271 e. The number of nitrogens with two attached hydrogens (primary N) is 1. The van der Waals surface area contributed by atoms with Gasteiger partial charge in [0, 0.05) is 6.04 Å². The Bertz CT molecular complexity index is 563. The lowest BCUT2D eigenvalue weighted by atomic mass is 9.96. The Labute approximate surface area is 128 Å². The minimum absolute atomic E-state index is 0.210. The van der Waals surface area contributed by atoms with Gasteiger partial charge < -0.3 is 0 Å². The van der Waals surface area contributed by atoms with Gasteiger partial charge in [0.25, 0.3) is 0 Å². The number of nitrogens with one attached hydrogen (secondary N) is 1. The third-order valence-corrected chi connectivity index (χ3v) is 3.90. The highest BCUT2D eigenvalue weighted by atomic mass is 15.2. The molecule has 0 saturated heterocycles. The average molecular weight is 282 g/mol. The first-order chi connectivity index (χ1) is 10.2. The van der Waals surface area contributed by atoms with Gasteiger partial charge in [0.05, 0.1) is 0 Å². The van der Waals surface area contributed by atoms with Crippen molar-refractivity contribution in [2.75, 3.05) is 0 Å². The average Bonchev–Trinajstić information content (AvgIpc) is 2.49. The van der Waals surface area contributed by atoms with Crippen molar-refractivity contribution in [3.63, 3.8) is 0 Å². The van der Waals surface area contributed by atoms with Crippen LogP contribution in [0.2, 0.25) is 0 Å². The normalized spacial score (nSPS) is 12.3. The van der Waals surface area contributed by atoms with Crippen LogP contribution < -0.4 is 11.3 Å². The van der Waals surface area contributed by atoms with Crippen LogP contribution in [0.25, 0.3) is 0 Å². The van der Waals surface area contributed by atoms with Crippen molar-refractivity contribution in [2.45, 2.75) is 45.6 Å². The van der Waals surface area contributed by atoms with E-state index in [0.717, 1.165) is 19.3 Å². The van der Waals surface area contributed by atoms with Crippen LogP contribution in [0.5, 0.6) is 0 Å². The van der Waals surface area contributed by atoms with Crippen LogP contribution in [0.1, 0.15) is 48.1 Å². The van der Waals surface area contributed by atoms with Gasteiger partial charge in [0.15, 0.2) is 0 Å². The maximum Gasteiger partial charge on any atom is 0.0463 e. The van der Waals surface area contributed by atoms with E-state index in [1.54, 1.807) is 0 Å². The van der Waals surface area contributed by atoms with E-state index in [4.69, 9.17) is 5.84 Å². The molecule has 0 spiro atoms. The number of hydrazine groups is 1. The van der Waals surface area contributed by atoms with Crippen molar-refractivity contribution in [3.8, 4) is 0 Å². The first-order valence-corrected chi connectivity index (χ1v) is 7.83. The molecule has 0 saturated carbocycles. The molecule has 1 unspecified atom stereocenters. The SMILES string of the molecule is CCCc1cccc(C(CCc2cccc(C)c2)NN)c1. The van der Waals surface area contributed by atoms with E-state index in [-0.39, 0.29) is 6.04 Å². The maximum atomic E-state index is 5.77. The van der Waals surface area contributed by atoms with Crippen molar-refractivity contribution >= 4 is 0 Å². The van der Waals surface area contributed by atoms with Crippen LogP contribution in [0, 0.1) is 6.92 Å². The van der Waals surface area contributed by atoms with Crippen LogP contribution in [0.15, 0.2) is 48.5 Å². The van der Waals surface area contributed by atoms with Crippen molar-refractivity contribution in [3.05, 3.63) is 70.8 Å². The van der Waals surface area contributed by atoms with Gasteiger partial charge in [-0.15, -0.1) is 0 Å². The second-order valence-corrected chi connectivity index (χ2v) is 5.74. The number of benzene rings is 2. The van der Waals surface area contributed by atoms with Crippen LogP contribution in [-0.2, 0) is 12.8 Å². The molecular weight excluding hydrogens is 256 g/mol. The Hall–Kier alpha value is -1.64. The molecule has 2 rings (SSSR count). The number of hydrogen-bond donors (Lipinski definition) is 2. The lowest BCUT2D eigenvalue weighted by Crippen LogP contribution is -2.28. The highest BCUT2D eigenvalue weighted by Crippen LogP contribution is 2.20. The standard InChI is InChI=1S/C19H26N2/c1-3-6-16-9-5-10-18(14-16)19(21-20)12-11-17-8-4-7-15(2)13-17/h4-5,7-10,13-14,19,21H,3,6,11-12,20H2,1-2H3. The quantitative estimate of drug-likeness (QED) is 0.593. The highest BCUT2D eigenvalue weighted by Gasteiger charge is 2.10. The van der Waals surface area contributed by atoms with E-state index in [2.05, 4.69) is 67.8 Å². The fourth-order valence-electron chi connectivity index (χ4n) is 2.78.